The molecule has 3 aliphatic carbocycles. The van der Waals surface area contributed by atoms with Crippen LogP contribution in [0.5, 0.6) is 5.75 Å². The molecule has 0 spiro atoms. The molecule has 7 atom stereocenters. The second-order valence-electron chi connectivity index (χ2n) is 12.7. The van der Waals surface area contributed by atoms with E-state index >= 15 is 0 Å². The molecule has 0 heterocycles. The third-order valence-corrected chi connectivity index (χ3v) is 10.8. The lowest BCUT2D eigenvalue weighted by Crippen LogP contribution is -2.77. The Morgan fingerprint density at radius 3 is 2.27 bits per heavy atom. The van der Waals surface area contributed by atoms with Crippen molar-refractivity contribution in [3.8, 4) is 5.75 Å². The summed E-state index contributed by atoms with van der Waals surface area (Å²) in [6.45, 7) is 16.0. The van der Waals surface area contributed by atoms with Gasteiger partial charge in [-0.15, -0.1) is 0 Å². The Morgan fingerprint density at radius 1 is 1.12 bits per heavy atom. The van der Waals surface area contributed by atoms with Gasteiger partial charge in [-0.05, 0) is 61.5 Å². The Morgan fingerprint density at radius 2 is 1.73 bits per heavy atom. The van der Waals surface area contributed by atoms with Crippen molar-refractivity contribution < 1.29 is 38.9 Å². The van der Waals surface area contributed by atoms with Gasteiger partial charge in [0.05, 0.1) is 23.7 Å². The third kappa shape index (κ3) is 3.72. The number of carbonyl (C=O) groups excluding carboxylic acids is 5. The van der Waals surface area contributed by atoms with Gasteiger partial charge in [-0.1, -0.05) is 59.2 Å². The number of aromatic hydroxyl groups is 1. The monoisotopic (exact) mass is 564 g/mol. The van der Waals surface area contributed by atoms with Crippen LogP contribution < -0.4 is 0 Å². The van der Waals surface area contributed by atoms with Gasteiger partial charge in [0.1, 0.15) is 5.75 Å². The van der Waals surface area contributed by atoms with Crippen LogP contribution in [0.3, 0.4) is 0 Å². The highest BCUT2D eigenvalue weighted by Crippen LogP contribution is 2.69. The third-order valence-electron chi connectivity index (χ3n) is 10.8. The molecule has 1 aromatic rings. The lowest BCUT2D eigenvalue weighted by Gasteiger charge is -2.66. The fourth-order valence-corrected chi connectivity index (χ4v) is 8.64. The van der Waals surface area contributed by atoms with Gasteiger partial charge in [-0.2, -0.15) is 0 Å². The van der Waals surface area contributed by atoms with Crippen LogP contribution in [0.1, 0.15) is 89.7 Å². The molecule has 1 fully saturated rings. The van der Waals surface area contributed by atoms with Crippen LogP contribution in [-0.2, 0) is 23.9 Å². The molecule has 0 aliphatic heterocycles. The van der Waals surface area contributed by atoms with Crippen molar-refractivity contribution in [2.75, 3.05) is 6.61 Å². The quantitative estimate of drug-likeness (QED) is 0.229. The van der Waals surface area contributed by atoms with Crippen molar-refractivity contribution in [2.24, 2.45) is 34.5 Å². The van der Waals surface area contributed by atoms with E-state index in [9.17, 15) is 34.2 Å². The first-order chi connectivity index (χ1) is 18.9. The molecule has 41 heavy (non-hydrogen) atoms. The fraction of sp³-hybridized carbons (Fsp3) is 0.545. The lowest BCUT2D eigenvalue weighted by atomic mass is 9.35. The van der Waals surface area contributed by atoms with Crippen molar-refractivity contribution in [3.05, 3.63) is 46.0 Å². The van der Waals surface area contributed by atoms with Gasteiger partial charge in [0.25, 0.3) is 0 Å². The summed E-state index contributed by atoms with van der Waals surface area (Å²) < 4.78 is 4.90. The zero-order valence-corrected chi connectivity index (χ0v) is 25.2. The number of ether oxygens (including phenoxy) is 1. The van der Waals surface area contributed by atoms with Gasteiger partial charge in [0, 0.05) is 17.1 Å². The maximum atomic E-state index is 14.6. The molecular formula is C33H40O8. The van der Waals surface area contributed by atoms with E-state index in [1.165, 1.54) is 13.0 Å². The molecule has 0 aromatic heterocycles. The summed E-state index contributed by atoms with van der Waals surface area (Å²) in [5.41, 5.74) is -3.93. The molecule has 220 valence electrons. The van der Waals surface area contributed by atoms with Crippen LogP contribution in [0.2, 0.25) is 0 Å². The number of benzene rings is 1. The molecule has 1 saturated carbocycles. The van der Waals surface area contributed by atoms with Gasteiger partial charge in [0.2, 0.25) is 5.78 Å². The van der Waals surface area contributed by atoms with Crippen molar-refractivity contribution in [2.45, 2.75) is 73.8 Å². The van der Waals surface area contributed by atoms with E-state index in [0.717, 1.165) is 6.08 Å². The molecule has 1 aromatic carbocycles. The zero-order chi connectivity index (χ0) is 31.0. The van der Waals surface area contributed by atoms with Crippen LogP contribution in [0.15, 0.2) is 29.4 Å². The second-order valence-corrected chi connectivity index (χ2v) is 12.7. The average molecular weight is 565 g/mol. The van der Waals surface area contributed by atoms with Crippen LogP contribution in [-0.4, -0.2) is 51.5 Å². The van der Waals surface area contributed by atoms with Crippen molar-refractivity contribution >= 4 is 35.2 Å². The van der Waals surface area contributed by atoms with Crippen LogP contribution in [0.4, 0.5) is 0 Å². The molecule has 1 unspecified atom stereocenters. The number of ketones is 4. The van der Waals surface area contributed by atoms with Gasteiger partial charge in [-0.3, -0.25) is 19.2 Å². The summed E-state index contributed by atoms with van der Waals surface area (Å²) in [5.74, 6) is -7.18. The van der Waals surface area contributed by atoms with Crippen molar-refractivity contribution in [1.29, 1.82) is 0 Å². The Kier molecular flexibility index (Phi) is 7.35. The number of aliphatic hydroxyl groups is 1. The topological polar surface area (TPSA) is 135 Å². The highest BCUT2D eigenvalue weighted by atomic mass is 16.5. The molecule has 0 bridgehead atoms. The van der Waals surface area contributed by atoms with Gasteiger partial charge in [0.15, 0.2) is 23.0 Å². The Bertz CT molecular complexity index is 1450. The summed E-state index contributed by atoms with van der Waals surface area (Å²) in [5, 5.41) is 23.6. The molecule has 8 nitrogen and oxygen atoms in total. The Labute approximate surface area is 240 Å². The predicted octanol–water partition coefficient (Wildman–Crippen LogP) is 4.61. The average Bonchev–Trinajstić information content (AvgIpc) is 2.88. The number of phenols is 1. The van der Waals surface area contributed by atoms with E-state index in [4.69, 9.17) is 4.74 Å². The number of Topliss-reactive ketones (excluding diaryl/α,β-unsaturated/α-hetero) is 4. The highest BCUT2D eigenvalue weighted by Gasteiger charge is 2.77. The van der Waals surface area contributed by atoms with E-state index in [1.54, 1.807) is 32.9 Å². The molecule has 0 amide bonds. The smallest absolute Gasteiger partial charge is 0.330 e. The van der Waals surface area contributed by atoms with Gasteiger partial charge in [-0.25, -0.2) is 4.79 Å². The first kappa shape index (κ1) is 30.6. The maximum absolute atomic E-state index is 14.6. The predicted molar refractivity (Wildman–Crippen MR) is 152 cm³/mol. The minimum absolute atomic E-state index is 0.0686. The van der Waals surface area contributed by atoms with E-state index in [1.807, 2.05) is 34.6 Å². The first-order valence-electron chi connectivity index (χ1n) is 14.2. The van der Waals surface area contributed by atoms with E-state index in [-0.39, 0.29) is 29.2 Å². The number of esters is 1. The zero-order valence-electron chi connectivity index (χ0n) is 25.2. The molecule has 0 saturated heterocycles. The van der Waals surface area contributed by atoms with Crippen LogP contribution >= 0.6 is 0 Å². The van der Waals surface area contributed by atoms with E-state index in [0.29, 0.717) is 11.1 Å². The second kappa shape index (κ2) is 9.86. The SMILES string of the molecule is CCOC(=O)C=Cc1ccc2c(c1O)C(=O)C1C(=O)[C@]3(O)C(=O)C(C(C)=O)=C(C)[C@@H](C(C)C)[C@]3(C)[C@@H](C)[C@]1(C)[C@H]2C. The Balaban J connectivity index is 1.99. The maximum Gasteiger partial charge on any atom is 0.330 e. The molecule has 3 aliphatic rings. The summed E-state index contributed by atoms with van der Waals surface area (Å²) in [4.78, 5) is 67.5. The van der Waals surface area contributed by atoms with Gasteiger partial charge < -0.3 is 14.9 Å². The summed E-state index contributed by atoms with van der Waals surface area (Å²) in [6, 6.07) is 3.33. The lowest BCUT2D eigenvalue weighted by molar-refractivity contribution is -0.211. The van der Waals surface area contributed by atoms with E-state index < -0.39 is 75.0 Å². The van der Waals surface area contributed by atoms with Crippen LogP contribution in [0, 0.1) is 34.5 Å². The number of carbonyl (C=O) groups is 5. The molecule has 2 N–H and O–H groups in total. The number of allylic oxidation sites excluding steroid dienone is 1. The normalized spacial score (nSPS) is 35.0. The number of rotatable bonds is 5. The number of hydrogen-bond acceptors (Lipinski definition) is 8. The van der Waals surface area contributed by atoms with Crippen molar-refractivity contribution in [1.82, 2.24) is 0 Å². The molecule has 0 radical (unpaired) electrons. The number of fused-ring (bicyclic) bond motifs is 3. The summed E-state index contributed by atoms with van der Waals surface area (Å²) in [6.07, 6.45) is 2.47. The minimum atomic E-state index is -2.62. The Hall–Kier alpha value is -3.39. The van der Waals surface area contributed by atoms with Gasteiger partial charge >= 0.3 is 5.97 Å². The minimum Gasteiger partial charge on any atom is -0.507 e. The molecular weight excluding hydrogens is 524 g/mol. The van der Waals surface area contributed by atoms with Crippen LogP contribution in [0.25, 0.3) is 6.08 Å². The number of phenolic OH excluding ortho intramolecular Hbond substituents is 1. The highest BCUT2D eigenvalue weighted by molar-refractivity contribution is 6.33. The van der Waals surface area contributed by atoms with E-state index in [2.05, 4.69) is 0 Å². The summed E-state index contributed by atoms with van der Waals surface area (Å²) in [7, 11) is 0. The summed E-state index contributed by atoms with van der Waals surface area (Å²) >= 11 is 0. The largest absolute Gasteiger partial charge is 0.507 e. The van der Waals surface area contributed by atoms with Crippen molar-refractivity contribution in [3.63, 3.8) is 0 Å². The molecule has 4 rings (SSSR count). The standard InChI is InChI=1S/C33H40O8/c1-10-41-22(35)14-12-20-11-13-21-17(5)31(8)19(7)32(9)25(15(2)3)16(4)23(18(6)34)29(38)33(32,40)30(39)26(31)28(37)24(21)27(20)36/h11-15,17,19,25-26,36,40H,10H2,1-9H3/t17-,19-,25+,26?,31-,32-,33+/m0/s1. The fourth-order valence-electron chi connectivity index (χ4n) is 8.64. The number of hydrogen-bond donors (Lipinski definition) is 2. The molecule has 8 heteroatoms. The first-order valence-corrected chi connectivity index (χ1v) is 14.2.